The molecule has 2 aromatic carbocycles. The Morgan fingerprint density at radius 3 is 1.91 bits per heavy atom. The van der Waals surface area contributed by atoms with Gasteiger partial charge in [0.05, 0.1) is 36.5 Å². The first-order valence-corrected chi connectivity index (χ1v) is 21.8. The molecule has 2 aliphatic heterocycles. The van der Waals surface area contributed by atoms with E-state index in [1.54, 1.807) is 23.4 Å². The standard InChI is InChI=1S/C35H49N3O5Si2/c1-33(2,3)44(7,8)42-22-26-27-28(31(40)38(30(27)39)25-19-15-12-16-20-25)35(29(26)43-45(9,10)34(4,5)6)32(41)37(23-36-35)21-24-17-13-11-14-18-24/h11-20,23,26-29H,21-22H2,1-10H3/t26-,27+,28-,29+,35+/m1/s1. The summed E-state index contributed by atoms with van der Waals surface area (Å²) in [6.45, 7) is 22.1. The molecule has 1 aliphatic carbocycles. The fourth-order valence-electron chi connectivity index (χ4n) is 6.30. The minimum atomic E-state index is -2.54. The van der Waals surface area contributed by atoms with Gasteiger partial charge in [0.1, 0.15) is 0 Å². The summed E-state index contributed by atoms with van der Waals surface area (Å²) in [6.07, 6.45) is 0.766. The van der Waals surface area contributed by atoms with Gasteiger partial charge in [-0.25, -0.2) is 4.90 Å². The van der Waals surface area contributed by atoms with Crippen LogP contribution >= 0.6 is 0 Å². The van der Waals surface area contributed by atoms with Gasteiger partial charge in [-0.2, -0.15) is 0 Å². The highest BCUT2D eigenvalue weighted by Gasteiger charge is 2.76. The van der Waals surface area contributed by atoms with Crippen LogP contribution in [0.2, 0.25) is 36.3 Å². The van der Waals surface area contributed by atoms with Crippen LogP contribution in [0, 0.1) is 17.8 Å². The minimum absolute atomic E-state index is 0.0716. The number of hydrogen-bond acceptors (Lipinski definition) is 6. The van der Waals surface area contributed by atoms with E-state index in [4.69, 9.17) is 13.8 Å². The molecule has 5 rings (SSSR count). The number of carbonyl (C=O) groups is 3. The molecule has 242 valence electrons. The van der Waals surface area contributed by atoms with Gasteiger partial charge in [0.2, 0.25) is 11.8 Å². The Labute approximate surface area is 270 Å². The molecular weight excluding hydrogens is 599 g/mol. The molecule has 3 aliphatic rings. The number of carbonyl (C=O) groups excluding carboxylic acids is 3. The highest BCUT2D eigenvalue weighted by molar-refractivity contribution is 6.74. The number of rotatable bonds is 8. The van der Waals surface area contributed by atoms with Crippen molar-refractivity contribution >= 4 is 46.4 Å². The van der Waals surface area contributed by atoms with Gasteiger partial charge in [-0.15, -0.1) is 0 Å². The highest BCUT2D eigenvalue weighted by atomic mass is 28.4. The first-order valence-electron chi connectivity index (χ1n) is 16.0. The Morgan fingerprint density at radius 1 is 0.800 bits per heavy atom. The molecule has 1 saturated carbocycles. The van der Waals surface area contributed by atoms with Crippen molar-refractivity contribution in [1.82, 2.24) is 4.90 Å². The van der Waals surface area contributed by atoms with E-state index in [9.17, 15) is 14.4 Å². The molecule has 45 heavy (non-hydrogen) atoms. The SMILES string of the molecule is CC(C)(C)[Si](C)(C)OC[C@@H]1[C@@H]2C(=O)N(c3ccccc3)C(=O)[C@@H]2[C@]2(N=CN(Cc3ccccc3)C2=O)[C@H]1O[Si](C)(C)C(C)(C)C. The monoisotopic (exact) mass is 647 g/mol. The second-order valence-electron chi connectivity index (χ2n) is 15.9. The molecule has 1 spiro atoms. The third-order valence-electron chi connectivity index (χ3n) is 11.0. The summed E-state index contributed by atoms with van der Waals surface area (Å²) < 4.78 is 14.0. The summed E-state index contributed by atoms with van der Waals surface area (Å²) in [7, 11) is -4.82. The van der Waals surface area contributed by atoms with Gasteiger partial charge in [-0.3, -0.25) is 24.3 Å². The maximum absolute atomic E-state index is 14.8. The zero-order valence-corrected chi connectivity index (χ0v) is 30.5. The van der Waals surface area contributed by atoms with Gasteiger partial charge in [-0.05, 0) is 54.0 Å². The molecule has 0 radical (unpaired) electrons. The van der Waals surface area contributed by atoms with Crippen molar-refractivity contribution in [2.75, 3.05) is 11.5 Å². The molecule has 5 atom stereocenters. The van der Waals surface area contributed by atoms with Gasteiger partial charge in [0, 0.05) is 12.5 Å². The number of amides is 3. The molecule has 3 amide bonds. The summed E-state index contributed by atoms with van der Waals surface area (Å²) in [4.78, 5) is 51.7. The molecule has 10 heteroatoms. The maximum Gasteiger partial charge on any atom is 0.259 e. The van der Waals surface area contributed by atoms with E-state index in [1.807, 2.05) is 48.5 Å². The summed E-state index contributed by atoms with van der Waals surface area (Å²) in [5, 5.41) is -0.256. The average molecular weight is 648 g/mol. The Balaban J connectivity index is 1.65. The molecule has 0 unspecified atom stereocenters. The second kappa shape index (κ2) is 11.4. The zero-order chi connectivity index (χ0) is 33.2. The largest absolute Gasteiger partial charge is 0.416 e. The Morgan fingerprint density at radius 2 is 1.36 bits per heavy atom. The molecule has 2 aromatic rings. The van der Waals surface area contributed by atoms with Crippen LogP contribution in [0.4, 0.5) is 5.69 Å². The number of nitrogens with zero attached hydrogens (tertiary/aromatic N) is 3. The second-order valence-corrected chi connectivity index (χ2v) is 25.4. The Bertz CT molecular complexity index is 1480. The molecule has 0 aromatic heterocycles. The summed E-state index contributed by atoms with van der Waals surface area (Å²) in [5.74, 6) is -3.36. The van der Waals surface area contributed by atoms with Crippen LogP contribution < -0.4 is 4.90 Å². The van der Waals surface area contributed by atoms with Gasteiger partial charge in [-0.1, -0.05) is 90.1 Å². The van der Waals surface area contributed by atoms with Gasteiger partial charge >= 0.3 is 0 Å². The predicted molar refractivity (Wildman–Crippen MR) is 183 cm³/mol. The number of imide groups is 1. The third kappa shape index (κ3) is 5.57. The molecule has 2 heterocycles. The van der Waals surface area contributed by atoms with Crippen LogP contribution in [0.5, 0.6) is 0 Å². The van der Waals surface area contributed by atoms with Crippen LogP contribution in [0.3, 0.4) is 0 Å². The quantitative estimate of drug-likeness (QED) is 0.237. The molecular formula is C35H49N3O5Si2. The van der Waals surface area contributed by atoms with E-state index in [0.717, 1.165) is 5.56 Å². The van der Waals surface area contributed by atoms with Crippen LogP contribution in [-0.4, -0.2) is 63.8 Å². The van der Waals surface area contributed by atoms with Crippen molar-refractivity contribution in [3.8, 4) is 0 Å². The minimum Gasteiger partial charge on any atom is -0.416 e. The molecule has 8 nitrogen and oxygen atoms in total. The van der Waals surface area contributed by atoms with Crippen molar-refractivity contribution < 1.29 is 23.2 Å². The van der Waals surface area contributed by atoms with Crippen LogP contribution in [0.15, 0.2) is 65.7 Å². The fraction of sp³-hybridized carbons (Fsp3) is 0.543. The first kappa shape index (κ1) is 33.4. The number of benzene rings is 2. The molecule has 1 saturated heterocycles. The lowest BCUT2D eigenvalue weighted by atomic mass is 9.83. The van der Waals surface area contributed by atoms with E-state index < -0.39 is 51.9 Å². The fourth-order valence-corrected chi connectivity index (χ4v) is 8.68. The van der Waals surface area contributed by atoms with Crippen LogP contribution in [0.25, 0.3) is 0 Å². The van der Waals surface area contributed by atoms with Crippen molar-refractivity contribution in [1.29, 1.82) is 0 Å². The van der Waals surface area contributed by atoms with Crippen molar-refractivity contribution in [3.63, 3.8) is 0 Å². The van der Waals surface area contributed by atoms with E-state index in [2.05, 4.69) is 67.7 Å². The number of para-hydroxylation sites is 1. The van der Waals surface area contributed by atoms with Gasteiger partial charge in [0.25, 0.3) is 5.91 Å². The topological polar surface area (TPSA) is 88.5 Å². The smallest absolute Gasteiger partial charge is 0.259 e. The lowest BCUT2D eigenvalue weighted by molar-refractivity contribution is -0.140. The molecule has 0 bridgehead atoms. The number of anilines is 1. The number of aliphatic imine (C=N–C) groups is 1. The van der Waals surface area contributed by atoms with Crippen molar-refractivity contribution in [2.24, 2.45) is 22.7 Å². The maximum atomic E-state index is 14.8. The van der Waals surface area contributed by atoms with E-state index in [0.29, 0.717) is 12.2 Å². The lowest BCUT2D eigenvalue weighted by Gasteiger charge is -2.44. The number of fused-ring (bicyclic) bond motifs is 2. The van der Waals surface area contributed by atoms with Crippen LogP contribution in [-0.2, 0) is 29.8 Å². The van der Waals surface area contributed by atoms with Crippen molar-refractivity contribution in [3.05, 3.63) is 66.2 Å². The summed E-state index contributed by atoms with van der Waals surface area (Å²) >= 11 is 0. The third-order valence-corrected chi connectivity index (χ3v) is 20.0. The average Bonchev–Trinajstić information content (AvgIpc) is 3.51. The first-order chi connectivity index (χ1) is 20.8. The normalized spacial score (nSPS) is 27.3. The summed E-state index contributed by atoms with van der Waals surface area (Å²) in [6, 6.07) is 18.7. The Hall–Kier alpha value is -2.93. The predicted octanol–water partition coefficient (Wildman–Crippen LogP) is 6.64. The molecule has 0 N–H and O–H groups in total. The van der Waals surface area contributed by atoms with E-state index in [-0.39, 0.29) is 28.5 Å². The van der Waals surface area contributed by atoms with Gasteiger partial charge < -0.3 is 8.85 Å². The van der Waals surface area contributed by atoms with Crippen LogP contribution in [0.1, 0.15) is 47.1 Å². The molecule has 2 fully saturated rings. The van der Waals surface area contributed by atoms with E-state index >= 15 is 0 Å². The van der Waals surface area contributed by atoms with E-state index in [1.165, 1.54) is 4.90 Å². The zero-order valence-electron chi connectivity index (χ0n) is 28.5. The van der Waals surface area contributed by atoms with Crippen molar-refractivity contribution in [2.45, 2.75) is 96.0 Å². The number of hydrogen-bond donors (Lipinski definition) is 0. The van der Waals surface area contributed by atoms with Gasteiger partial charge in [0.15, 0.2) is 22.2 Å². The highest BCUT2D eigenvalue weighted by Crippen LogP contribution is 2.57. The summed E-state index contributed by atoms with van der Waals surface area (Å²) in [5.41, 5.74) is -0.131. The lowest BCUT2D eigenvalue weighted by Crippen LogP contribution is -2.59. The Kier molecular flexibility index (Phi) is 8.47.